The van der Waals surface area contributed by atoms with Crippen molar-refractivity contribution in [1.29, 1.82) is 0 Å². The molecule has 1 aliphatic heterocycles. The van der Waals surface area contributed by atoms with Gasteiger partial charge in [-0.15, -0.1) is 0 Å². The zero-order chi connectivity index (χ0) is 21.6. The lowest BCUT2D eigenvalue weighted by Crippen LogP contribution is -2.46. The molecule has 0 radical (unpaired) electrons. The minimum absolute atomic E-state index is 0.259. The highest BCUT2D eigenvalue weighted by Crippen LogP contribution is 2.21. The zero-order valence-corrected chi connectivity index (χ0v) is 17.7. The summed E-state index contributed by atoms with van der Waals surface area (Å²) in [6, 6.07) is 19.8. The maximum Gasteiger partial charge on any atom is 0.339 e. The Kier molecular flexibility index (Phi) is 6.48. The molecule has 0 aliphatic carbocycles. The largest absolute Gasteiger partial charge is 0.489 e. The molecule has 1 aromatic heterocycles. The van der Waals surface area contributed by atoms with Crippen molar-refractivity contribution in [3.05, 3.63) is 89.1 Å². The summed E-state index contributed by atoms with van der Waals surface area (Å²) in [5.41, 5.74) is 3.89. The number of aromatic nitrogens is 1. The molecule has 6 nitrogen and oxygen atoms in total. The highest BCUT2D eigenvalue weighted by Gasteiger charge is 2.22. The molecular formula is C25H27N3O3. The quantitative estimate of drug-likeness (QED) is 0.627. The van der Waals surface area contributed by atoms with Crippen LogP contribution in [0.2, 0.25) is 0 Å². The van der Waals surface area contributed by atoms with Crippen molar-refractivity contribution >= 4 is 11.8 Å². The number of nitrogens with zero attached hydrogens (tertiary/aromatic N) is 3. The molecule has 2 heterocycles. The Hall–Kier alpha value is -3.38. The predicted molar refractivity (Wildman–Crippen MR) is 121 cm³/mol. The number of hydrogen-bond acceptors (Lipinski definition) is 5. The maximum atomic E-state index is 11.5. The number of rotatable bonds is 7. The molecule has 6 heteroatoms. The van der Waals surface area contributed by atoms with Gasteiger partial charge in [-0.2, -0.15) is 0 Å². The van der Waals surface area contributed by atoms with E-state index in [0.29, 0.717) is 12.4 Å². The molecule has 0 spiro atoms. The van der Waals surface area contributed by atoms with Crippen LogP contribution in [0.15, 0.2) is 66.9 Å². The van der Waals surface area contributed by atoms with Crippen LogP contribution >= 0.6 is 0 Å². The lowest BCUT2D eigenvalue weighted by molar-refractivity contribution is 0.0697. The van der Waals surface area contributed by atoms with E-state index in [4.69, 9.17) is 4.74 Å². The Morgan fingerprint density at radius 2 is 1.84 bits per heavy atom. The van der Waals surface area contributed by atoms with Crippen molar-refractivity contribution in [2.45, 2.75) is 20.1 Å². The van der Waals surface area contributed by atoms with Gasteiger partial charge >= 0.3 is 5.97 Å². The van der Waals surface area contributed by atoms with Gasteiger partial charge in [-0.05, 0) is 47.9 Å². The number of carboxylic acids is 1. The van der Waals surface area contributed by atoms with Crippen LogP contribution in [0.1, 0.15) is 27.0 Å². The summed E-state index contributed by atoms with van der Waals surface area (Å²) >= 11 is 0. The Morgan fingerprint density at radius 1 is 1.03 bits per heavy atom. The predicted octanol–water partition coefficient (Wildman–Crippen LogP) is 3.99. The lowest BCUT2D eigenvalue weighted by Gasteiger charge is -2.35. The van der Waals surface area contributed by atoms with E-state index >= 15 is 0 Å². The zero-order valence-electron chi connectivity index (χ0n) is 17.7. The van der Waals surface area contributed by atoms with Gasteiger partial charge in [-0.3, -0.25) is 4.90 Å². The number of aryl methyl sites for hydroxylation is 1. The van der Waals surface area contributed by atoms with Gasteiger partial charge in [0, 0.05) is 38.9 Å². The van der Waals surface area contributed by atoms with Crippen LogP contribution in [0.5, 0.6) is 5.75 Å². The molecule has 4 rings (SSSR count). The molecule has 2 aromatic carbocycles. The average molecular weight is 418 g/mol. The number of carboxylic acid groups (broad SMARTS) is 1. The third kappa shape index (κ3) is 5.22. The second kappa shape index (κ2) is 9.62. The molecule has 31 heavy (non-hydrogen) atoms. The number of anilines is 1. The molecule has 1 saturated heterocycles. The second-order valence-corrected chi connectivity index (χ2v) is 7.81. The maximum absolute atomic E-state index is 11.5. The van der Waals surface area contributed by atoms with E-state index in [1.807, 2.05) is 24.3 Å². The molecular weight excluding hydrogens is 390 g/mol. The van der Waals surface area contributed by atoms with E-state index in [1.54, 1.807) is 18.3 Å². The standard InChI is InChI=1S/C25H27N3O3/c1-19-6-2-3-8-21(19)18-31-22-9-4-7-20(16-22)17-27-12-14-28(15-13-27)24-23(25(29)30)10-5-11-26-24/h2-11,16H,12-15,17-18H2,1H3,(H,29,30). The summed E-state index contributed by atoms with van der Waals surface area (Å²) in [7, 11) is 0. The number of ether oxygens (including phenoxy) is 1. The van der Waals surface area contributed by atoms with E-state index in [2.05, 4.69) is 46.0 Å². The topological polar surface area (TPSA) is 65.9 Å². The summed E-state index contributed by atoms with van der Waals surface area (Å²) in [6.45, 7) is 6.70. The van der Waals surface area contributed by atoms with Crippen LogP contribution in [0, 0.1) is 6.92 Å². The van der Waals surface area contributed by atoms with Crippen molar-refractivity contribution in [2.24, 2.45) is 0 Å². The molecule has 3 aromatic rings. The van der Waals surface area contributed by atoms with Gasteiger partial charge in [-0.25, -0.2) is 9.78 Å². The molecule has 1 aliphatic rings. The number of carbonyl (C=O) groups is 1. The smallest absolute Gasteiger partial charge is 0.339 e. The summed E-state index contributed by atoms with van der Waals surface area (Å²) in [5.74, 6) is 0.494. The molecule has 0 saturated carbocycles. The van der Waals surface area contributed by atoms with Gasteiger partial charge in [0.15, 0.2) is 0 Å². The van der Waals surface area contributed by atoms with Gasteiger partial charge in [0.05, 0.1) is 0 Å². The molecule has 0 unspecified atom stereocenters. The molecule has 160 valence electrons. The van der Waals surface area contributed by atoms with Crippen molar-refractivity contribution in [1.82, 2.24) is 9.88 Å². The van der Waals surface area contributed by atoms with Crippen molar-refractivity contribution in [2.75, 3.05) is 31.1 Å². The van der Waals surface area contributed by atoms with Gasteiger partial charge in [0.25, 0.3) is 0 Å². The minimum Gasteiger partial charge on any atom is -0.489 e. The third-order valence-corrected chi connectivity index (χ3v) is 5.65. The van der Waals surface area contributed by atoms with Crippen molar-refractivity contribution in [3.8, 4) is 5.75 Å². The van der Waals surface area contributed by atoms with Crippen LogP contribution < -0.4 is 9.64 Å². The fourth-order valence-electron chi connectivity index (χ4n) is 3.86. The van der Waals surface area contributed by atoms with E-state index in [9.17, 15) is 9.90 Å². The fraction of sp³-hybridized carbons (Fsp3) is 0.280. The van der Waals surface area contributed by atoms with Crippen LogP contribution in [0.4, 0.5) is 5.82 Å². The van der Waals surface area contributed by atoms with Gasteiger partial charge in [0.1, 0.15) is 23.7 Å². The molecule has 1 fully saturated rings. The van der Waals surface area contributed by atoms with E-state index in [0.717, 1.165) is 38.5 Å². The van der Waals surface area contributed by atoms with Crippen molar-refractivity contribution < 1.29 is 14.6 Å². The minimum atomic E-state index is -0.937. The Labute approximate surface area is 182 Å². The lowest BCUT2D eigenvalue weighted by atomic mass is 10.1. The number of pyridine rings is 1. The SMILES string of the molecule is Cc1ccccc1COc1cccc(CN2CCN(c3ncccc3C(=O)O)CC2)c1. The second-order valence-electron chi connectivity index (χ2n) is 7.81. The molecule has 0 amide bonds. The normalized spacial score (nSPS) is 14.4. The first-order chi connectivity index (χ1) is 15.1. The average Bonchev–Trinajstić information content (AvgIpc) is 2.79. The van der Waals surface area contributed by atoms with Crippen LogP contribution in [-0.2, 0) is 13.2 Å². The van der Waals surface area contributed by atoms with Gasteiger partial charge in [0.2, 0.25) is 0 Å². The van der Waals surface area contributed by atoms with E-state index < -0.39 is 5.97 Å². The van der Waals surface area contributed by atoms with Crippen LogP contribution in [-0.4, -0.2) is 47.1 Å². The van der Waals surface area contributed by atoms with Crippen LogP contribution in [0.3, 0.4) is 0 Å². The number of benzene rings is 2. The highest BCUT2D eigenvalue weighted by molar-refractivity contribution is 5.93. The Bertz CT molecular complexity index is 1050. The number of piperazine rings is 1. The monoisotopic (exact) mass is 417 g/mol. The fourth-order valence-corrected chi connectivity index (χ4v) is 3.86. The first-order valence-corrected chi connectivity index (χ1v) is 10.5. The molecule has 0 atom stereocenters. The molecule has 1 N–H and O–H groups in total. The van der Waals surface area contributed by atoms with Gasteiger partial charge in [-0.1, -0.05) is 36.4 Å². The number of hydrogen-bond donors (Lipinski definition) is 1. The van der Waals surface area contributed by atoms with E-state index in [1.165, 1.54) is 16.7 Å². The van der Waals surface area contributed by atoms with Crippen LogP contribution in [0.25, 0.3) is 0 Å². The van der Waals surface area contributed by atoms with E-state index in [-0.39, 0.29) is 5.56 Å². The Balaban J connectivity index is 1.33. The third-order valence-electron chi connectivity index (χ3n) is 5.65. The van der Waals surface area contributed by atoms with Crippen molar-refractivity contribution in [3.63, 3.8) is 0 Å². The summed E-state index contributed by atoms with van der Waals surface area (Å²) in [4.78, 5) is 20.2. The van der Waals surface area contributed by atoms with Gasteiger partial charge < -0.3 is 14.7 Å². The summed E-state index contributed by atoms with van der Waals surface area (Å²) < 4.78 is 6.02. The Morgan fingerprint density at radius 3 is 2.61 bits per heavy atom. The number of aromatic carboxylic acids is 1. The highest BCUT2D eigenvalue weighted by atomic mass is 16.5. The molecule has 0 bridgehead atoms. The summed E-state index contributed by atoms with van der Waals surface area (Å²) in [5, 5.41) is 9.41. The first kappa shape index (κ1) is 20.9. The summed E-state index contributed by atoms with van der Waals surface area (Å²) in [6.07, 6.45) is 1.65. The first-order valence-electron chi connectivity index (χ1n) is 10.5.